The van der Waals surface area contributed by atoms with Crippen molar-refractivity contribution in [2.45, 2.75) is 30.8 Å². The van der Waals surface area contributed by atoms with E-state index in [1.807, 2.05) is 0 Å². The van der Waals surface area contributed by atoms with E-state index in [2.05, 4.69) is 0 Å². The van der Waals surface area contributed by atoms with Crippen LogP contribution < -0.4 is 5.73 Å². The summed E-state index contributed by atoms with van der Waals surface area (Å²) < 4.78 is 40.2. The van der Waals surface area contributed by atoms with Gasteiger partial charge in [0.05, 0.1) is 16.7 Å². The molecule has 1 aliphatic carbocycles. The normalized spacial score (nSPS) is 29.8. The lowest BCUT2D eigenvalue weighted by atomic mass is 10.00. The van der Waals surface area contributed by atoms with Crippen LogP contribution in [0.3, 0.4) is 0 Å². The number of hydrogen-bond donors (Lipinski definition) is 2. The largest absolute Gasteiger partial charge is 0.396 e. The van der Waals surface area contributed by atoms with Gasteiger partial charge in [0.25, 0.3) is 0 Å². The average Bonchev–Trinajstić information content (AvgIpc) is 2.98. The van der Waals surface area contributed by atoms with Crippen LogP contribution in [0.5, 0.6) is 0 Å². The first-order valence-corrected chi connectivity index (χ1v) is 8.48. The van der Waals surface area contributed by atoms with Crippen molar-refractivity contribution < 1.29 is 17.9 Å². The molecule has 0 bridgehead atoms. The number of halogens is 1. The van der Waals surface area contributed by atoms with Crippen molar-refractivity contribution in [3.05, 3.63) is 23.5 Å². The second-order valence-corrected chi connectivity index (χ2v) is 7.97. The minimum absolute atomic E-state index is 0.0127. The third-order valence-corrected chi connectivity index (χ3v) is 6.49. The van der Waals surface area contributed by atoms with Crippen molar-refractivity contribution >= 4 is 15.7 Å². The number of nitrogen functional groups attached to an aromatic ring is 1. The Labute approximate surface area is 123 Å². The summed E-state index contributed by atoms with van der Waals surface area (Å²) in [6.45, 7) is 2.23. The minimum atomic E-state index is -3.69. The molecule has 116 valence electrons. The Morgan fingerprint density at radius 3 is 2.67 bits per heavy atom. The molecule has 0 amide bonds. The number of hydrogen-bond acceptors (Lipinski definition) is 4. The number of nitrogens with two attached hydrogens (primary N) is 1. The molecule has 1 aromatic rings. The van der Waals surface area contributed by atoms with Gasteiger partial charge >= 0.3 is 0 Å². The molecule has 1 saturated heterocycles. The first-order chi connectivity index (χ1) is 9.80. The van der Waals surface area contributed by atoms with Gasteiger partial charge in [-0.15, -0.1) is 0 Å². The molecule has 7 heteroatoms. The fourth-order valence-electron chi connectivity index (χ4n) is 3.45. The quantitative estimate of drug-likeness (QED) is 0.801. The second-order valence-electron chi connectivity index (χ2n) is 6.03. The van der Waals surface area contributed by atoms with E-state index in [1.54, 1.807) is 0 Å². The van der Waals surface area contributed by atoms with E-state index in [0.717, 1.165) is 12.8 Å². The lowest BCUT2D eigenvalue weighted by molar-refractivity contribution is 0.129. The SMILES string of the molecule is Cc1cc(S(=O)(=O)N2CC3CCC(O)C3C2)cc(N)c1F. The maximum atomic E-state index is 13.5. The van der Waals surface area contributed by atoms with Gasteiger partial charge in [-0.1, -0.05) is 0 Å². The number of nitrogens with zero attached hydrogens (tertiary/aromatic N) is 1. The van der Waals surface area contributed by atoms with E-state index in [4.69, 9.17) is 5.73 Å². The summed E-state index contributed by atoms with van der Waals surface area (Å²) in [6, 6.07) is 2.48. The van der Waals surface area contributed by atoms with E-state index in [9.17, 15) is 17.9 Å². The Balaban J connectivity index is 1.92. The fraction of sp³-hybridized carbons (Fsp3) is 0.571. The van der Waals surface area contributed by atoms with Crippen LogP contribution in [0.4, 0.5) is 10.1 Å². The van der Waals surface area contributed by atoms with Gasteiger partial charge < -0.3 is 10.8 Å². The zero-order chi connectivity index (χ0) is 15.4. The summed E-state index contributed by atoms with van der Waals surface area (Å²) in [4.78, 5) is 0.0216. The van der Waals surface area contributed by atoms with Crippen molar-refractivity contribution in [2.24, 2.45) is 11.8 Å². The van der Waals surface area contributed by atoms with E-state index < -0.39 is 21.9 Å². The van der Waals surface area contributed by atoms with Crippen molar-refractivity contribution in [1.29, 1.82) is 0 Å². The first-order valence-electron chi connectivity index (χ1n) is 7.04. The highest BCUT2D eigenvalue weighted by Crippen LogP contribution is 2.40. The van der Waals surface area contributed by atoms with Crippen LogP contribution in [0.1, 0.15) is 18.4 Å². The molecule has 3 N–H and O–H groups in total. The Morgan fingerprint density at radius 1 is 1.33 bits per heavy atom. The topological polar surface area (TPSA) is 83.6 Å². The molecule has 3 rings (SSSR count). The second kappa shape index (κ2) is 4.93. The summed E-state index contributed by atoms with van der Waals surface area (Å²) in [7, 11) is -3.69. The van der Waals surface area contributed by atoms with Gasteiger partial charge in [0.1, 0.15) is 5.82 Å². The predicted molar refractivity (Wildman–Crippen MR) is 76.5 cm³/mol. The van der Waals surface area contributed by atoms with Crippen molar-refractivity contribution in [2.75, 3.05) is 18.8 Å². The smallest absolute Gasteiger partial charge is 0.243 e. The van der Waals surface area contributed by atoms with Crippen LogP contribution in [0.2, 0.25) is 0 Å². The number of anilines is 1. The van der Waals surface area contributed by atoms with Crippen molar-refractivity contribution in [1.82, 2.24) is 4.31 Å². The number of benzene rings is 1. The number of aliphatic hydroxyl groups is 1. The third kappa shape index (κ3) is 2.33. The van der Waals surface area contributed by atoms with E-state index in [0.29, 0.717) is 13.1 Å². The van der Waals surface area contributed by atoms with E-state index >= 15 is 0 Å². The molecule has 3 unspecified atom stereocenters. The highest BCUT2D eigenvalue weighted by Gasteiger charge is 2.45. The molecule has 0 aromatic heterocycles. The average molecular weight is 314 g/mol. The van der Waals surface area contributed by atoms with Gasteiger partial charge in [-0.2, -0.15) is 4.31 Å². The molecule has 1 aromatic carbocycles. The van der Waals surface area contributed by atoms with Crippen LogP contribution >= 0.6 is 0 Å². The molecule has 2 aliphatic rings. The molecule has 5 nitrogen and oxygen atoms in total. The zero-order valence-electron chi connectivity index (χ0n) is 11.8. The number of aryl methyl sites for hydroxylation is 1. The van der Waals surface area contributed by atoms with Gasteiger partial charge in [0, 0.05) is 19.0 Å². The third-order valence-electron chi connectivity index (χ3n) is 4.68. The van der Waals surface area contributed by atoms with Crippen LogP contribution in [0.15, 0.2) is 17.0 Å². The van der Waals surface area contributed by atoms with Crippen molar-refractivity contribution in [3.63, 3.8) is 0 Å². The van der Waals surface area contributed by atoms with Gasteiger partial charge in [0.2, 0.25) is 10.0 Å². The molecule has 2 fully saturated rings. The lowest BCUT2D eigenvalue weighted by Gasteiger charge is -2.19. The standard InChI is InChI=1S/C14H19FN2O3S/c1-8-4-10(5-12(16)14(8)15)21(19,20)17-6-9-2-3-13(18)11(9)7-17/h4-5,9,11,13,18H,2-3,6-7,16H2,1H3. The summed E-state index contributed by atoms with van der Waals surface area (Å²) >= 11 is 0. The highest BCUT2D eigenvalue weighted by atomic mass is 32.2. The van der Waals surface area contributed by atoms with Gasteiger partial charge in [-0.3, -0.25) is 0 Å². The van der Waals surface area contributed by atoms with Gasteiger partial charge in [-0.05, 0) is 43.4 Å². The Morgan fingerprint density at radius 2 is 2.05 bits per heavy atom. The number of aliphatic hydroxyl groups excluding tert-OH is 1. The Bertz CT molecular complexity index is 654. The van der Waals surface area contributed by atoms with Crippen molar-refractivity contribution in [3.8, 4) is 0 Å². The molecule has 0 radical (unpaired) electrons. The molecule has 1 saturated carbocycles. The first kappa shape index (κ1) is 14.7. The van der Waals surface area contributed by atoms with Gasteiger partial charge in [-0.25, -0.2) is 12.8 Å². The number of fused-ring (bicyclic) bond motifs is 1. The lowest BCUT2D eigenvalue weighted by Crippen LogP contribution is -2.31. The molecule has 1 heterocycles. The van der Waals surface area contributed by atoms with Gasteiger partial charge in [0.15, 0.2) is 0 Å². The molecular weight excluding hydrogens is 295 g/mol. The fourth-order valence-corrected chi connectivity index (χ4v) is 5.11. The minimum Gasteiger partial charge on any atom is -0.396 e. The summed E-state index contributed by atoms with van der Waals surface area (Å²) in [5.74, 6) is -0.352. The summed E-state index contributed by atoms with van der Waals surface area (Å²) in [5, 5.41) is 9.89. The van der Waals surface area contributed by atoms with Crippen LogP contribution in [-0.4, -0.2) is 37.0 Å². The number of sulfonamides is 1. The summed E-state index contributed by atoms with van der Waals surface area (Å²) in [5.41, 5.74) is 5.59. The molecule has 1 aliphatic heterocycles. The van der Waals surface area contributed by atoms with E-state index in [-0.39, 0.29) is 28.0 Å². The zero-order valence-corrected chi connectivity index (χ0v) is 12.6. The van der Waals surface area contributed by atoms with Crippen LogP contribution in [0, 0.1) is 24.6 Å². The number of rotatable bonds is 2. The molecule has 3 atom stereocenters. The maximum Gasteiger partial charge on any atom is 0.243 e. The highest BCUT2D eigenvalue weighted by molar-refractivity contribution is 7.89. The molecule has 21 heavy (non-hydrogen) atoms. The Kier molecular flexibility index (Phi) is 3.46. The molecular formula is C14H19FN2O3S. The van der Waals surface area contributed by atoms with Crippen LogP contribution in [-0.2, 0) is 10.0 Å². The maximum absolute atomic E-state index is 13.5. The van der Waals surface area contributed by atoms with Crippen LogP contribution in [0.25, 0.3) is 0 Å². The Hall–Kier alpha value is -1.18. The monoisotopic (exact) mass is 314 g/mol. The summed E-state index contributed by atoms with van der Waals surface area (Å²) in [6.07, 6.45) is 1.17. The van der Waals surface area contributed by atoms with E-state index in [1.165, 1.54) is 23.4 Å². The molecule has 0 spiro atoms. The predicted octanol–water partition coefficient (Wildman–Crippen LogP) is 1.11.